The number of nitrogens with one attached hydrogen (secondary N) is 3. The molecule has 0 unspecified atom stereocenters. The lowest BCUT2D eigenvalue weighted by molar-refractivity contribution is 0.0932. The van der Waals surface area contributed by atoms with Crippen LogP contribution < -0.4 is 21.7 Å². The fraction of sp³-hybridized carbons (Fsp3) is 0.294. The summed E-state index contributed by atoms with van der Waals surface area (Å²) in [6, 6.07) is 8.47. The maximum atomic E-state index is 12.7. The molecule has 0 radical (unpaired) electrons. The van der Waals surface area contributed by atoms with Crippen molar-refractivity contribution in [2.75, 3.05) is 18.4 Å². The van der Waals surface area contributed by atoms with Crippen molar-refractivity contribution in [2.24, 2.45) is 5.73 Å². The average molecular weight is 415 g/mol. The molecule has 1 aromatic carbocycles. The first kappa shape index (κ1) is 20.5. The Morgan fingerprint density at radius 1 is 1.31 bits per heavy atom. The number of hydrogen-bond donors (Lipinski definition) is 4. The van der Waals surface area contributed by atoms with E-state index in [1.165, 1.54) is 11.3 Å². The monoisotopic (exact) mass is 414 g/mol. The van der Waals surface area contributed by atoms with Crippen molar-refractivity contribution in [3.8, 4) is 10.4 Å². The van der Waals surface area contributed by atoms with Crippen LogP contribution in [0.5, 0.6) is 0 Å². The molecule has 0 saturated carbocycles. The highest BCUT2D eigenvalue weighted by Gasteiger charge is 2.22. The molecule has 1 fully saturated rings. The van der Waals surface area contributed by atoms with Crippen LogP contribution in [-0.2, 0) is 0 Å². The second kappa shape index (κ2) is 9.23. The van der Waals surface area contributed by atoms with Crippen molar-refractivity contribution in [3.05, 3.63) is 40.9 Å². The van der Waals surface area contributed by atoms with Crippen LogP contribution in [0.3, 0.4) is 0 Å². The zero-order chi connectivity index (χ0) is 17.8. The Morgan fingerprint density at radius 3 is 2.77 bits per heavy atom. The molecule has 3 rings (SSSR count). The molecule has 2 heterocycles. The third-order valence-electron chi connectivity index (χ3n) is 3.95. The van der Waals surface area contributed by atoms with Crippen LogP contribution in [0.1, 0.15) is 23.2 Å². The lowest BCUT2D eigenvalue weighted by atomic mass is 10.1. The quantitative estimate of drug-likeness (QED) is 0.616. The summed E-state index contributed by atoms with van der Waals surface area (Å²) in [7, 11) is 0. The van der Waals surface area contributed by atoms with Crippen molar-refractivity contribution in [1.82, 2.24) is 10.6 Å². The standard InChI is InChI=1S/C17H19ClN4O2S.ClH/c18-11-4-1-3-10(7-11)14-8-13(16(25-14)22-17(19)24)15(23)21-12-5-2-6-20-9-12;/h1,3-4,7-8,12,20H,2,5-6,9H2,(H,21,23)(H3,19,22,24);1H/t12-;/m0./s1. The summed E-state index contributed by atoms with van der Waals surface area (Å²) in [4.78, 5) is 24.8. The molecule has 6 nitrogen and oxygen atoms in total. The van der Waals surface area contributed by atoms with Gasteiger partial charge in [-0.25, -0.2) is 4.79 Å². The summed E-state index contributed by atoms with van der Waals surface area (Å²) < 4.78 is 0. The number of rotatable bonds is 4. The van der Waals surface area contributed by atoms with E-state index in [4.69, 9.17) is 17.3 Å². The van der Waals surface area contributed by atoms with E-state index in [0.29, 0.717) is 15.6 Å². The molecule has 1 aliphatic rings. The number of amides is 3. The molecule has 3 amide bonds. The fourth-order valence-electron chi connectivity index (χ4n) is 2.79. The number of carbonyl (C=O) groups excluding carboxylic acids is 2. The highest BCUT2D eigenvalue weighted by atomic mass is 35.5. The molecule has 2 aromatic rings. The minimum atomic E-state index is -0.701. The van der Waals surface area contributed by atoms with E-state index >= 15 is 0 Å². The van der Waals surface area contributed by atoms with Gasteiger partial charge in [-0.05, 0) is 43.1 Å². The zero-order valence-electron chi connectivity index (χ0n) is 13.9. The molecule has 140 valence electrons. The first-order valence-corrected chi connectivity index (χ1v) is 9.20. The molecular formula is C17H20Cl2N4O2S. The lowest BCUT2D eigenvalue weighted by Crippen LogP contribution is -2.45. The average Bonchev–Trinajstić information content (AvgIpc) is 2.99. The lowest BCUT2D eigenvalue weighted by Gasteiger charge is -2.23. The number of anilines is 1. The van der Waals surface area contributed by atoms with E-state index in [9.17, 15) is 9.59 Å². The van der Waals surface area contributed by atoms with Crippen molar-refractivity contribution in [3.63, 3.8) is 0 Å². The normalized spacial score (nSPS) is 16.4. The third kappa shape index (κ3) is 5.11. The van der Waals surface area contributed by atoms with E-state index < -0.39 is 6.03 Å². The van der Waals surface area contributed by atoms with Crippen LogP contribution in [0, 0.1) is 0 Å². The predicted molar refractivity (Wildman–Crippen MR) is 109 cm³/mol. The summed E-state index contributed by atoms with van der Waals surface area (Å²) in [5, 5.41) is 9.86. The maximum absolute atomic E-state index is 12.7. The molecule has 1 saturated heterocycles. The van der Waals surface area contributed by atoms with Gasteiger partial charge < -0.3 is 16.4 Å². The second-order valence-corrected chi connectivity index (χ2v) is 7.36. The molecule has 1 aliphatic heterocycles. The van der Waals surface area contributed by atoms with Crippen LogP contribution in [0.4, 0.5) is 9.80 Å². The van der Waals surface area contributed by atoms with E-state index in [2.05, 4.69) is 16.0 Å². The largest absolute Gasteiger partial charge is 0.351 e. The van der Waals surface area contributed by atoms with Gasteiger partial charge >= 0.3 is 6.03 Å². The Hall–Kier alpha value is -1.80. The first-order chi connectivity index (χ1) is 12.0. The van der Waals surface area contributed by atoms with Crippen molar-refractivity contribution >= 4 is 52.3 Å². The van der Waals surface area contributed by atoms with Crippen LogP contribution in [0.25, 0.3) is 10.4 Å². The molecular weight excluding hydrogens is 395 g/mol. The summed E-state index contributed by atoms with van der Waals surface area (Å²) >= 11 is 7.34. The first-order valence-electron chi connectivity index (χ1n) is 8.01. The number of thiophene rings is 1. The number of carbonyl (C=O) groups is 2. The number of piperidine rings is 1. The minimum Gasteiger partial charge on any atom is -0.351 e. The Bertz CT molecular complexity index is 791. The Labute approximate surface area is 166 Å². The number of nitrogens with two attached hydrogens (primary N) is 1. The fourth-order valence-corrected chi connectivity index (χ4v) is 4.03. The Kier molecular flexibility index (Phi) is 7.28. The van der Waals surface area contributed by atoms with Gasteiger partial charge in [0, 0.05) is 22.5 Å². The van der Waals surface area contributed by atoms with Gasteiger partial charge in [-0.3, -0.25) is 10.1 Å². The van der Waals surface area contributed by atoms with Gasteiger partial charge in [-0.2, -0.15) is 0 Å². The smallest absolute Gasteiger partial charge is 0.317 e. The van der Waals surface area contributed by atoms with Crippen LogP contribution in [-0.4, -0.2) is 31.1 Å². The van der Waals surface area contributed by atoms with Crippen LogP contribution in [0.15, 0.2) is 30.3 Å². The van der Waals surface area contributed by atoms with Gasteiger partial charge in [0.2, 0.25) is 0 Å². The predicted octanol–water partition coefficient (Wildman–Crippen LogP) is 3.46. The van der Waals surface area contributed by atoms with Crippen LogP contribution >= 0.6 is 35.3 Å². The van der Waals surface area contributed by atoms with Gasteiger partial charge in [0.15, 0.2) is 0 Å². The molecule has 0 bridgehead atoms. The van der Waals surface area contributed by atoms with E-state index in [-0.39, 0.29) is 24.4 Å². The molecule has 1 atom stereocenters. The molecule has 5 N–H and O–H groups in total. The Balaban J connectivity index is 0.00000243. The number of hydrogen-bond acceptors (Lipinski definition) is 4. The number of halogens is 2. The minimum absolute atomic E-state index is 0. The molecule has 0 aliphatic carbocycles. The maximum Gasteiger partial charge on any atom is 0.317 e. The van der Waals surface area contributed by atoms with Gasteiger partial charge in [-0.1, -0.05) is 23.7 Å². The van der Waals surface area contributed by atoms with Crippen molar-refractivity contribution in [2.45, 2.75) is 18.9 Å². The third-order valence-corrected chi connectivity index (χ3v) is 5.29. The van der Waals surface area contributed by atoms with Crippen molar-refractivity contribution in [1.29, 1.82) is 0 Å². The summed E-state index contributed by atoms with van der Waals surface area (Å²) in [5.74, 6) is -0.220. The van der Waals surface area contributed by atoms with Crippen LogP contribution in [0.2, 0.25) is 5.02 Å². The van der Waals surface area contributed by atoms with Crippen molar-refractivity contribution < 1.29 is 9.59 Å². The molecule has 0 spiro atoms. The van der Waals surface area contributed by atoms with E-state index in [0.717, 1.165) is 36.4 Å². The van der Waals surface area contributed by atoms with E-state index in [1.807, 2.05) is 18.2 Å². The van der Waals surface area contributed by atoms with Gasteiger partial charge in [0.05, 0.1) is 5.56 Å². The highest BCUT2D eigenvalue weighted by molar-refractivity contribution is 7.20. The van der Waals surface area contributed by atoms with Gasteiger partial charge in [-0.15, -0.1) is 23.7 Å². The summed E-state index contributed by atoms with van der Waals surface area (Å²) in [6.45, 7) is 1.72. The topological polar surface area (TPSA) is 96.2 Å². The second-order valence-electron chi connectivity index (χ2n) is 5.87. The molecule has 9 heteroatoms. The SMILES string of the molecule is Cl.NC(=O)Nc1sc(-c2cccc(Cl)c2)cc1C(=O)N[C@H]1CCCNC1. The van der Waals surface area contributed by atoms with Gasteiger partial charge in [0.1, 0.15) is 5.00 Å². The number of primary amides is 1. The summed E-state index contributed by atoms with van der Waals surface area (Å²) in [5.41, 5.74) is 6.53. The molecule has 26 heavy (non-hydrogen) atoms. The summed E-state index contributed by atoms with van der Waals surface area (Å²) in [6.07, 6.45) is 1.96. The Morgan fingerprint density at radius 2 is 2.12 bits per heavy atom. The van der Waals surface area contributed by atoms with Gasteiger partial charge in [0.25, 0.3) is 5.91 Å². The van der Waals surface area contributed by atoms with E-state index in [1.54, 1.807) is 12.1 Å². The molecule has 1 aromatic heterocycles. The highest BCUT2D eigenvalue weighted by Crippen LogP contribution is 2.36. The number of benzene rings is 1. The zero-order valence-corrected chi connectivity index (χ0v) is 16.3. The number of urea groups is 1.